The number of carbonyl (C=O) groups is 1. The van der Waals surface area contributed by atoms with Crippen LogP contribution in [0.1, 0.15) is 42.9 Å². The molecule has 2 aromatic heterocycles. The highest BCUT2D eigenvalue weighted by atomic mass is 35.5. The Morgan fingerprint density at radius 2 is 1.88 bits per heavy atom. The highest BCUT2D eigenvalue weighted by molar-refractivity contribution is 6.31. The first-order valence-electron chi connectivity index (χ1n) is 17.4. The fraction of sp³-hybridized carbons (Fsp3) is 0.474. The van der Waals surface area contributed by atoms with Gasteiger partial charge in [-0.05, 0) is 56.0 Å². The van der Waals surface area contributed by atoms with Crippen LogP contribution in [0.15, 0.2) is 73.1 Å². The van der Waals surface area contributed by atoms with E-state index in [0.29, 0.717) is 25.1 Å². The predicted molar refractivity (Wildman–Crippen MR) is 192 cm³/mol. The van der Waals surface area contributed by atoms with E-state index in [1.807, 2.05) is 72.5 Å². The van der Waals surface area contributed by atoms with Crippen molar-refractivity contribution in [2.45, 2.75) is 55.9 Å². The van der Waals surface area contributed by atoms with E-state index < -0.39 is 22.5 Å². The Morgan fingerprint density at radius 3 is 2.63 bits per heavy atom. The van der Waals surface area contributed by atoms with Gasteiger partial charge in [-0.2, -0.15) is 9.97 Å². The fourth-order valence-electron chi connectivity index (χ4n) is 6.82. The lowest BCUT2D eigenvalue weighted by Crippen LogP contribution is -2.55. The summed E-state index contributed by atoms with van der Waals surface area (Å²) in [6, 6.07) is 13.1. The topological polar surface area (TPSA) is 129 Å². The Hall–Kier alpha value is -4.07. The van der Waals surface area contributed by atoms with Crippen LogP contribution >= 0.6 is 11.6 Å². The molecule has 3 atom stereocenters. The molecule has 0 amide bonds. The van der Waals surface area contributed by atoms with E-state index in [-0.39, 0.29) is 37.5 Å². The maximum atomic E-state index is 12.0. The van der Waals surface area contributed by atoms with Crippen LogP contribution in [-0.4, -0.2) is 112 Å². The number of hydrogen-bond donors (Lipinski definition) is 1. The molecule has 1 aromatic carbocycles. The van der Waals surface area contributed by atoms with Crippen LogP contribution in [0.2, 0.25) is 0 Å². The molecule has 3 aromatic rings. The van der Waals surface area contributed by atoms with Crippen LogP contribution in [0.5, 0.6) is 17.8 Å². The summed E-state index contributed by atoms with van der Waals surface area (Å²) in [6.07, 6.45) is 11.5. The van der Waals surface area contributed by atoms with Crippen molar-refractivity contribution in [1.29, 1.82) is 0 Å². The number of aromatic nitrogens is 3. The molecule has 272 valence electrons. The number of methoxy groups -OCH3 is 1. The zero-order chi connectivity index (χ0) is 35.7. The van der Waals surface area contributed by atoms with Gasteiger partial charge < -0.3 is 28.8 Å². The van der Waals surface area contributed by atoms with E-state index in [2.05, 4.69) is 14.9 Å². The summed E-state index contributed by atoms with van der Waals surface area (Å²) < 4.78 is 30.7. The lowest BCUT2D eigenvalue weighted by molar-refractivity contribution is -0.142. The summed E-state index contributed by atoms with van der Waals surface area (Å²) in [5.41, 5.74) is 2.15. The van der Waals surface area contributed by atoms with Crippen molar-refractivity contribution in [2.24, 2.45) is 0 Å². The van der Waals surface area contributed by atoms with Gasteiger partial charge >= 0.3 is 12.0 Å². The van der Waals surface area contributed by atoms with Gasteiger partial charge in [0.2, 0.25) is 11.8 Å². The number of carboxylic acids is 1. The molecule has 12 nitrogen and oxygen atoms in total. The minimum Gasteiger partial charge on any atom is -0.481 e. The van der Waals surface area contributed by atoms with Gasteiger partial charge in [-0.1, -0.05) is 48.6 Å². The van der Waals surface area contributed by atoms with Gasteiger partial charge in [0.25, 0.3) is 0 Å². The summed E-state index contributed by atoms with van der Waals surface area (Å²) in [7, 11) is 1.51. The van der Waals surface area contributed by atoms with E-state index in [9.17, 15) is 9.90 Å². The summed E-state index contributed by atoms with van der Waals surface area (Å²) in [6.45, 7) is 7.55. The zero-order valence-electron chi connectivity index (χ0n) is 29.2. The second kappa shape index (κ2) is 17.0. The third-order valence-electron chi connectivity index (χ3n) is 9.72. The average molecular weight is 720 g/mol. The number of hydrogen-bond acceptors (Lipinski definition) is 11. The first-order valence-corrected chi connectivity index (χ1v) is 17.8. The van der Waals surface area contributed by atoms with Crippen LogP contribution in [0.3, 0.4) is 0 Å². The second-order valence-corrected chi connectivity index (χ2v) is 13.8. The highest BCUT2D eigenvalue weighted by Gasteiger charge is 2.51. The van der Waals surface area contributed by atoms with Crippen LogP contribution in [0.4, 0.5) is 0 Å². The van der Waals surface area contributed by atoms with Gasteiger partial charge in [0, 0.05) is 50.7 Å². The number of nitrogens with zero attached hydrogens (tertiary/aromatic N) is 5. The minimum absolute atomic E-state index is 0.0109. The van der Waals surface area contributed by atoms with E-state index in [1.165, 1.54) is 7.11 Å². The van der Waals surface area contributed by atoms with Gasteiger partial charge in [0.15, 0.2) is 0 Å². The van der Waals surface area contributed by atoms with E-state index in [4.69, 9.17) is 40.3 Å². The summed E-state index contributed by atoms with van der Waals surface area (Å²) in [5, 5.41) is 9.85. The highest BCUT2D eigenvalue weighted by Crippen LogP contribution is 2.47. The standard InChI is InChI=1S/C38H46ClN5O7/c1-37(39)31(29-11-4-3-5-12-29)13-6-15-38(37,51-21-9-17-43-19-22-48-23-20-43)27-50-36-41-33(47-2)30(25-44-18-8-14-32(44)35(45)46)34(42-36)49-26-28-10-7-16-40-24-28/h3-7,10-13,15-16,24,32H,8-9,14,17-23,25-27H2,1-2H3,(H,45,46)/t32-,37?,38?/m0/s1. The molecule has 6 rings (SSSR count). The smallest absolute Gasteiger partial charge is 0.323 e. The lowest BCUT2D eigenvalue weighted by atomic mass is 9.76. The number of halogens is 1. The van der Waals surface area contributed by atoms with Gasteiger partial charge in [0.05, 0.1) is 25.9 Å². The zero-order valence-corrected chi connectivity index (χ0v) is 30.0. The Balaban J connectivity index is 1.28. The van der Waals surface area contributed by atoms with Gasteiger partial charge in [-0.3, -0.25) is 19.6 Å². The first kappa shape index (κ1) is 36.7. The first-order chi connectivity index (χ1) is 24.8. The SMILES string of the molecule is COc1nc(OCC2(OCCCN3CCOCC3)C=CC=C(c3ccccc3)C2(C)Cl)nc(OCc2cccnc2)c1CN1CCC[C@H]1C(=O)O. The number of rotatable bonds is 16. The molecule has 0 spiro atoms. The van der Waals surface area contributed by atoms with Gasteiger partial charge in [0.1, 0.15) is 29.7 Å². The van der Waals surface area contributed by atoms with Crippen molar-refractivity contribution in [3.8, 4) is 17.8 Å². The summed E-state index contributed by atoms with van der Waals surface area (Å²) in [4.78, 5) is 28.8. The molecule has 51 heavy (non-hydrogen) atoms. The minimum atomic E-state index is -1.10. The van der Waals surface area contributed by atoms with Gasteiger partial charge in [-0.15, -0.1) is 11.6 Å². The monoisotopic (exact) mass is 719 g/mol. The Kier molecular flexibility index (Phi) is 12.2. The average Bonchev–Trinajstić information content (AvgIpc) is 3.63. The molecule has 1 N–H and O–H groups in total. The molecule has 13 heteroatoms. The number of benzene rings is 1. The largest absolute Gasteiger partial charge is 0.481 e. The maximum Gasteiger partial charge on any atom is 0.323 e. The number of alkyl halides is 1. The quantitative estimate of drug-likeness (QED) is 0.158. The van der Waals surface area contributed by atoms with Crippen molar-refractivity contribution in [3.63, 3.8) is 0 Å². The third-order valence-corrected chi connectivity index (χ3v) is 10.2. The maximum absolute atomic E-state index is 12.0. The number of pyridine rings is 1. The van der Waals surface area contributed by atoms with E-state index in [1.54, 1.807) is 12.4 Å². The van der Waals surface area contributed by atoms with Crippen molar-refractivity contribution < 1.29 is 33.6 Å². The molecule has 3 aliphatic rings. The Bertz CT molecular complexity index is 1670. The lowest BCUT2D eigenvalue weighted by Gasteiger charge is -2.45. The molecule has 0 bridgehead atoms. The molecule has 1 aliphatic carbocycles. The molecular formula is C38H46ClN5O7. The Labute approximate surface area is 304 Å². The normalized spacial score (nSPS) is 23.9. The molecule has 4 heterocycles. The molecule has 0 radical (unpaired) electrons. The number of allylic oxidation sites excluding steroid dienone is 2. The number of ether oxygens (including phenoxy) is 5. The van der Waals surface area contributed by atoms with Gasteiger partial charge in [-0.25, -0.2) is 0 Å². The van der Waals surface area contributed by atoms with Crippen LogP contribution in [-0.2, 0) is 27.4 Å². The molecular weight excluding hydrogens is 674 g/mol. The molecule has 2 unspecified atom stereocenters. The third kappa shape index (κ3) is 8.70. The number of aliphatic carboxylic acids is 1. The van der Waals surface area contributed by atoms with Crippen molar-refractivity contribution >= 4 is 23.1 Å². The van der Waals surface area contributed by atoms with Crippen LogP contribution < -0.4 is 14.2 Å². The molecule has 2 saturated heterocycles. The predicted octanol–water partition coefficient (Wildman–Crippen LogP) is 5.02. The van der Waals surface area contributed by atoms with E-state index >= 15 is 0 Å². The molecule has 2 fully saturated rings. The number of likely N-dealkylation sites (tertiary alicyclic amines) is 1. The second-order valence-electron chi connectivity index (χ2n) is 13.1. The van der Waals surface area contributed by atoms with Crippen LogP contribution in [0, 0.1) is 0 Å². The molecule has 2 aliphatic heterocycles. The molecule has 0 saturated carbocycles. The summed E-state index contributed by atoms with van der Waals surface area (Å²) >= 11 is 7.56. The Morgan fingerprint density at radius 1 is 1.08 bits per heavy atom. The van der Waals surface area contributed by atoms with Crippen molar-refractivity contribution in [3.05, 3.63) is 89.8 Å². The fourth-order valence-corrected chi connectivity index (χ4v) is 7.16. The van der Waals surface area contributed by atoms with Crippen molar-refractivity contribution in [2.75, 3.05) is 59.7 Å². The van der Waals surface area contributed by atoms with Crippen molar-refractivity contribution in [1.82, 2.24) is 24.8 Å². The van der Waals surface area contributed by atoms with Crippen LogP contribution in [0.25, 0.3) is 5.57 Å². The number of morpholine rings is 1. The van der Waals surface area contributed by atoms with E-state index in [0.717, 1.165) is 62.4 Å². The number of carboxylic acid groups (broad SMARTS) is 1. The summed E-state index contributed by atoms with van der Waals surface area (Å²) in [5.74, 6) is -0.403.